The first kappa shape index (κ1) is 13.0. The van der Waals surface area contributed by atoms with Crippen LogP contribution in [-0.4, -0.2) is 11.1 Å². The predicted octanol–water partition coefficient (Wildman–Crippen LogP) is 1.73. The second-order valence-corrected chi connectivity index (χ2v) is 5.19. The van der Waals surface area contributed by atoms with Crippen LogP contribution in [0, 0.1) is 0 Å². The highest BCUT2D eigenvalue weighted by molar-refractivity contribution is 7.16. The number of carbonyl (C=O) groups is 1. The second kappa shape index (κ2) is 5.07. The lowest BCUT2D eigenvalue weighted by Crippen LogP contribution is -2.19. The number of thiophene rings is 1. The minimum Gasteiger partial charge on any atom is -0.479 e. The lowest BCUT2D eigenvalue weighted by molar-refractivity contribution is -0.138. The second-order valence-electron chi connectivity index (χ2n) is 4.04. The summed E-state index contributed by atoms with van der Waals surface area (Å²) in [5.41, 5.74) is 18.4. The van der Waals surface area contributed by atoms with E-state index in [4.69, 9.17) is 17.2 Å². The van der Waals surface area contributed by atoms with Crippen molar-refractivity contribution in [3.05, 3.63) is 35.2 Å². The average Bonchev–Trinajstić information content (AvgIpc) is 2.70. The lowest BCUT2D eigenvalue weighted by atomic mass is 10.2. The minimum atomic E-state index is -0.997. The number of aliphatic carboxylic acids is 1. The van der Waals surface area contributed by atoms with Crippen molar-refractivity contribution >= 4 is 39.4 Å². The van der Waals surface area contributed by atoms with E-state index in [2.05, 4.69) is 5.32 Å². The number of nitrogens with two attached hydrogens (primary N) is 3. The SMILES string of the molecule is Nc1cc(N)cc(NC(C(=O)O)c2ccc(N)s2)c1. The van der Waals surface area contributed by atoms with Gasteiger partial charge in [0.05, 0.1) is 5.00 Å². The monoisotopic (exact) mass is 278 g/mol. The van der Waals surface area contributed by atoms with Crippen LogP contribution in [0.5, 0.6) is 0 Å². The molecule has 8 N–H and O–H groups in total. The fourth-order valence-corrected chi connectivity index (χ4v) is 2.53. The molecular weight excluding hydrogens is 264 g/mol. The van der Waals surface area contributed by atoms with Crippen LogP contribution in [-0.2, 0) is 4.79 Å². The molecule has 2 rings (SSSR count). The van der Waals surface area contributed by atoms with Crippen LogP contribution in [0.15, 0.2) is 30.3 Å². The molecule has 19 heavy (non-hydrogen) atoms. The standard InChI is InChI=1S/C12H14N4O2S/c13-6-3-7(14)5-8(4-6)16-11(12(17)18)9-1-2-10(15)19-9/h1-5,11,16H,13-15H2,(H,17,18). The molecule has 0 saturated heterocycles. The maximum absolute atomic E-state index is 11.3. The first-order chi connectivity index (χ1) is 8.95. The van der Waals surface area contributed by atoms with E-state index >= 15 is 0 Å². The summed E-state index contributed by atoms with van der Waals surface area (Å²) in [6.45, 7) is 0. The molecule has 0 bridgehead atoms. The third-order valence-corrected chi connectivity index (χ3v) is 3.45. The molecule has 0 radical (unpaired) electrons. The zero-order valence-corrected chi connectivity index (χ0v) is 10.8. The van der Waals surface area contributed by atoms with Gasteiger partial charge >= 0.3 is 5.97 Å². The van der Waals surface area contributed by atoms with E-state index in [0.29, 0.717) is 26.9 Å². The molecule has 100 valence electrons. The fraction of sp³-hybridized carbons (Fsp3) is 0.0833. The van der Waals surface area contributed by atoms with Gasteiger partial charge in [0.15, 0.2) is 6.04 Å². The molecule has 6 nitrogen and oxygen atoms in total. The number of anilines is 4. The number of carboxylic acid groups (broad SMARTS) is 1. The summed E-state index contributed by atoms with van der Waals surface area (Å²) in [4.78, 5) is 11.9. The van der Waals surface area contributed by atoms with Gasteiger partial charge in [-0.05, 0) is 30.3 Å². The molecule has 1 atom stereocenters. The molecule has 1 heterocycles. The summed E-state index contributed by atoms with van der Waals surface area (Å²) >= 11 is 1.22. The molecule has 0 fully saturated rings. The molecule has 0 spiro atoms. The number of carboxylic acids is 1. The Kier molecular flexibility index (Phi) is 3.48. The fourth-order valence-electron chi connectivity index (χ4n) is 1.70. The van der Waals surface area contributed by atoms with Gasteiger partial charge in [-0.15, -0.1) is 11.3 Å². The van der Waals surface area contributed by atoms with Crippen molar-refractivity contribution in [1.29, 1.82) is 0 Å². The molecule has 1 aromatic carbocycles. The maximum Gasteiger partial charge on any atom is 0.331 e. The Bertz CT molecular complexity index is 591. The Balaban J connectivity index is 2.29. The quantitative estimate of drug-likeness (QED) is 0.542. The molecule has 0 saturated carbocycles. The third kappa shape index (κ3) is 3.08. The summed E-state index contributed by atoms with van der Waals surface area (Å²) in [7, 11) is 0. The molecular formula is C12H14N4O2S. The van der Waals surface area contributed by atoms with Crippen molar-refractivity contribution in [2.24, 2.45) is 0 Å². The maximum atomic E-state index is 11.3. The van der Waals surface area contributed by atoms with E-state index in [-0.39, 0.29) is 0 Å². The largest absolute Gasteiger partial charge is 0.479 e. The Morgan fingerprint density at radius 2 is 1.79 bits per heavy atom. The van der Waals surface area contributed by atoms with Crippen LogP contribution in [0.4, 0.5) is 22.1 Å². The Labute approximate surface area is 113 Å². The molecule has 1 unspecified atom stereocenters. The van der Waals surface area contributed by atoms with Crippen LogP contribution < -0.4 is 22.5 Å². The molecule has 0 aliphatic carbocycles. The smallest absolute Gasteiger partial charge is 0.331 e. The summed E-state index contributed by atoms with van der Waals surface area (Å²) in [6.07, 6.45) is 0. The molecule has 0 aliphatic heterocycles. The van der Waals surface area contributed by atoms with Crippen molar-refractivity contribution in [3.8, 4) is 0 Å². The van der Waals surface area contributed by atoms with Gasteiger partial charge in [-0.3, -0.25) is 0 Å². The Morgan fingerprint density at radius 3 is 2.26 bits per heavy atom. The summed E-state index contributed by atoms with van der Waals surface area (Å²) in [5.74, 6) is -0.997. The third-order valence-electron chi connectivity index (χ3n) is 2.47. The predicted molar refractivity (Wildman–Crippen MR) is 78.0 cm³/mol. The molecule has 7 heteroatoms. The Hall–Kier alpha value is -2.41. The van der Waals surface area contributed by atoms with Gasteiger partial charge in [0.2, 0.25) is 0 Å². The van der Waals surface area contributed by atoms with Gasteiger partial charge in [0.1, 0.15) is 0 Å². The van der Waals surface area contributed by atoms with Crippen LogP contribution in [0.2, 0.25) is 0 Å². The van der Waals surface area contributed by atoms with Gasteiger partial charge in [-0.25, -0.2) is 4.79 Å². The molecule has 1 aromatic heterocycles. The van der Waals surface area contributed by atoms with Crippen molar-refractivity contribution in [2.45, 2.75) is 6.04 Å². The van der Waals surface area contributed by atoms with Crippen molar-refractivity contribution in [1.82, 2.24) is 0 Å². The zero-order valence-electron chi connectivity index (χ0n) is 9.96. The first-order valence-electron chi connectivity index (χ1n) is 5.46. The molecule has 2 aromatic rings. The minimum absolute atomic E-state index is 0.470. The molecule has 0 aliphatic rings. The van der Waals surface area contributed by atoms with E-state index in [0.717, 1.165) is 0 Å². The number of rotatable bonds is 4. The van der Waals surface area contributed by atoms with E-state index in [1.165, 1.54) is 11.3 Å². The number of hydrogen-bond donors (Lipinski definition) is 5. The van der Waals surface area contributed by atoms with E-state index < -0.39 is 12.0 Å². The van der Waals surface area contributed by atoms with Crippen molar-refractivity contribution in [2.75, 3.05) is 22.5 Å². The van der Waals surface area contributed by atoms with Crippen molar-refractivity contribution in [3.63, 3.8) is 0 Å². The summed E-state index contributed by atoms with van der Waals surface area (Å²) < 4.78 is 0. The molecule has 0 amide bonds. The Morgan fingerprint density at radius 1 is 1.16 bits per heavy atom. The van der Waals surface area contributed by atoms with Gasteiger partial charge in [-0.1, -0.05) is 0 Å². The highest BCUT2D eigenvalue weighted by Gasteiger charge is 2.21. The number of hydrogen-bond acceptors (Lipinski definition) is 6. The van der Waals surface area contributed by atoms with Crippen LogP contribution in [0.25, 0.3) is 0 Å². The number of nitrogen functional groups attached to an aromatic ring is 3. The lowest BCUT2D eigenvalue weighted by Gasteiger charge is -2.15. The van der Waals surface area contributed by atoms with Crippen LogP contribution in [0.1, 0.15) is 10.9 Å². The van der Waals surface area contributed by atoms with Gasteiger partial charge in [-0.2, -0.15) is 0 Å². The van der Waals surface area contributed by atoms with Gasteiger partial charge < -0.3 is 27.6 Å². The average molecular weight is 278 g/mol. The van der Waals surface area contributed by atoms with Crippen LogP contribution in [0.3, 0.4) is 0 Å². The highest BCUT2D eigenvalue weighted by Crippen LogP contribution is 2.29. The first-order valence-corrected chi connectivity index (χ1v) is 6.28. The topological polar surface area (TPSA) is 127 Å². The zero-order chi connectivity index (χ0) is 14.0. The van der Waals surface area contributed by atoms with E-state index in [1.807, 2.05) is 0 Å². The van der Waals surface area contributed by atoms with Crippen LogP contribution >= 0.6 is 11.3 Å². The summed E-state index contributed by atoms with van der Waals surface area (Å²) in [5, 5.41) is 12.7. The normalized spacial score (nSPS) is 12.0. The van der Waals surface area contributed by atoms with Gasteiger partial charge in [0.25, 0.3) is 0 Å². The number of benzene rings is 1. The van der Waals surface area contributed by atoms with Gasteiger partial charge in [0, 0.05) is 21.9 Å². The highest BCUT2D eigenvalue weighted by atomic mass is 32.1. The van der Waals surface area contributed by atoms with E-state index in [1.54, 1.807) is 30.3 Å². The van der Waals surface area contributed by atoms with Crippen molar-refractivity contribution < 1.29 is 9.90 Å². The summed E-state index contributed by atoms with van der Waals surface area (Å²) in [6, 6.07) is 7.33. The van der Waals surface area contributed by atoms with E-state index in [9.17, 15) is 9.90 Å². The number of nitrogens with one attached hydrogen (secondary N) is 1.